The summed E-state index contributed by atoms with van der Waals surface area (Å²) in [6.45, 7) is 4.23. The molecule has 0 fully saturated rings. The summed E-state index contributed by atoms with van der Waals surface area (Å²) >= 11 is 1.47. The largest absolute Gasteiger partial charge is 0.365 e. The van der Waals surface area contributed by atoms with Gasteiger partial charge in [0.2, 0.25) is 0 Å². The normalized spacial score (nSPS) is 19.2. The van der Waals surface area contributed by atoms with Gasteiger partial charge in [-0.15, -0.1) is 0 Å². The van der Waals surface area contributed by atoms with Crippen molar-refractivity contribution in [2.24, 2.45) is 5.41 Å². The van der Waals surface area contributed by atoms with E-state index < -0.39 is 0 Å². The van der Waals surface area contributed by atoms with Gasteiger partial charge in [0.1, 0.15) is 0 Å². The minimum Gasteiger partial charge on any atom is -0.365 e. The molecular formula is C10H14N2OS. The molecule has 1 heterocycles. The van der Waals surface area contributed by atoms with Gasteiger partial charge in [-0.3, -0.25) is 4.79 Å². The van der Waals surface area contributed by atoms with Gasteiger partial charge in [0.25, 0.3) is 0 Å². The Bertz CT molecular complexity index is 381. The number of ketones is 1. The molecule has 0 unspecified atom stereocenters. The number of hydrogen-bond donors (Lipinski definition) is 1. The SMILES string of the molecule is CNc1nc2c(s1)C(=O)CC(C)(C)C2. The number of fused-ring (bicyclic) bond motifs is 1. The lowest BCUT2D eigenvalue weighted by Crippen LogP contribution is -2.25. The molecule has 76 valence electrons. The number of rotatable bonds is 1. The van der Waals surface area contributed by atoms with E-state index in [1.54, 1.807) is 0 Å². The van der Waals surface area contributed by atoms with Crippen molar-refractivity contribution in [3.05, 3.63) is 10.6 Å². The van der Waals surface area contributed by atoms with Crippen LogP contribution >= 0.6 is 11.3 Å². The second-order valence-corrected chi connectivity index (χ2v) is 5.48. The minimum absolute atomic E-state index is 0.0726. The van der Waals surface area contributed by atoms with E-state index in [4.69, 9.17) is 0 Å². The van der Waals surface area contributed by atoms with E-state index in [0.29, 0.717) is 6.42 Å². The van der Waals surface area contributed by atoms with Gasteiger partial charge in [-0.05, 0) is 11.8 Å². The molecule has 1 aromatic heterocycles. The van der Waals surface area contributed by atoms with Crippen LogP contribution in [-0.4, -0.2) is 17.8 Å². The molecule has 1 aliphatic rings. The van der Waals surface area contributed by atoms with Crippen molar-refractivity contribution in [2.45, 2.75) is 26.7 Å². The molecule has 2 rings (SSSR count). The molecule has 0 saturated carbocycles. The number of hydrogen-bond acceptors (Lipinski definition) is 4. The van der Waals surface area contributed by atoms with Gasteiger partial charge >= 0.3 is 0 Å². The van der Waals surface area contributed by atoms with Crippen molar-refractivity contribution < 1.29 is 4.79 Å². The zero-order valence-corrected chi connectivity index (χ0v) is 9.49. The number of anilines is 1. The Morgan fingerprint density at radius 3 is 2.79 bits per heavy atom. The third kappa shape index (κ3) is 1.54. The maximum absolute atomic E-state index is 11.8. The molecule has 4 heteroatoms. The highest BCUT2D eigenvalue weighted by Crippen LogP contribution is 2.37. The first-order valence-corrected chi connectivity index (χ1v) is 5.54. The lowest BCUT2D eigenvalue weighted by molar-refractivity contribution is 0.0916. The van der Waals surface area contributed by atoms with Crippen LogP contribution in [0.5, 0.6) is 0 Å². The molecule has 1 N–H and O–H groups in total. The van der Waals surface area contributed by atoms with E-state index in [9.17, 15) is 4.79 Å². The summed E-state index contributed by atoms with van der Waals surface area (Å²) < 4.78 is 0. The predicted molar refractivity (Wildman–Crippen MR) is 58.1 cm³/mol. The molecule has 1 aliphatic carbocycles. The topological polar surface area (TPSA) is 42.0 Å². The van der Waals surface area contributed by atoms with Crippen LogP contribution in [0.3, 0.4) is 0 Å². The van der Waals surface area contributed by atoms with E-state index in [1.807, 2.05) is 7.05 Å². The first-order valence-electron chi connectivity index (χ1n) is 4.72. The first-order chi connectivity index (χ1) is 6.52. The fraction of sp³-hybridized carbons (Fsp3) is 0.600. The molecule has 0 spiro atoms. The van der Waals surface area contributed by atoms with Crippen molar-refractivity contribution in [2.75, 3.05) is 12.4 Å². The Labute approximate surface area is 87.6 Å². The van der Waals surface area contributed by atoms with E-state index in [-0.39, 0.29) is 11.2 Å². The van der Waals surface area contributed by atoms with Crippen molar-refractivity contribution in [1.82, 2.24) is 4.98 Å². The maximum Gasteiger partial charge on any atom is 0.183 e. The van der Waals surface area contributed by atoms with Crippen LogP contribution in [-0.2, 0) is 6.42 Å². The zero-order chi connectivity index (χ0) is 10.3. The minimum atomic E-state index is 0.0726. The molecule has 0 aromatic carbocycles. The summed E-state index contributed by atoms with van der Waals surface area (Å²) in [5, 5.41) is 3.84. The summed E-state index contributed by atoms with van der Waals surface area (Å²) in [5.74, 6) is 0.246. The third-order valence-corrected chi connectivity index (χ3v) is 3.61. The predicted octanol–water partition coefficient (Wildman–Crippen LogP) is 2.34. The monoisotopic (exact) mass is 210 g/mol. The summed E-state index contributed by atoms with van der Waals surface area (Å²) in [4.78, 5) is 17.0. The van der Waals surface area contributed by atoms with Crippen LogP contribution in [0.2, 0.25) is 0 Å². The van der Waals surface area contributed by atoms with Gasteiger partial charge in [-0.25, -0.2) is 4.98 Å². The number of carbonyl (C=O) groups is 1. The van der Waals surface area contributed by atoms with Crippen LogP contribution < -0.4 is 5.32 Å². The fourth-order valence-corrected chi connectivity index (χ4v) is 2.70. The standard InChI is InChI=1S/C10H14N2OS/c1-10(2)4-6-8(7(13)5-10)14-9(11-3)12-6/h4-5H2,1-3H3,(H,11,12). The Balaban J connectivity index is 2.43. The highest BCUT2D eigenvalue weighted by atomic mass is 32.1. The highest BCUT2D eigenvalue weighted by Gasteiger charge is 2.33. The molecule has 0 radical (unpaired) electrons. The zero-order valence-electron chi connectivity index (χ0n) is 8.68. The molecule has 0 aliphatic heterocycles. The number of Topliss-reactive ketones (excluding diaryl/α,β-unsaturated/α-hetero) is 1. The van der Waals surface area contributed by atoms with Gasteiger partial charge in [-0.2, -0.15) is 0 Å². The molecule has 0 atom stereocenters. The van der Waals surface area contributed by atoms with Crippen molar-refractivity contribution in [3.63, 3.8) is 0 Å². The van der Waals surface area contributed by atoms with Gasteiger partial charge in [0.05, 0.1) is 10.6 Å². The molecule has 14 heavy (non-hydrogen) atoms. The summed E-state index contributed by atoms with van der Waals surface area (Å²) in [6, 6.07) is 0. The highest BCUT2D eigenvalue weighted by molar-refractivity contribution is 7.17. The number of carbonyl (C=O) groups excluding carboxylic acids is 1. The quantitative estimate of drug-likeness (QED) is 0.773. The summed E-state index contributed by atoms with van der Waals surface area (Å²) in [5.41, 5.74) is 1.05. The number of nitrogens with one attached hydrogen (secondary N) is 1. The average Bonchev–Trinajstić information content (AvgIpc) is 2.45. The van der Waals surface area contributed by atoms with Crippen LogP contribution in [0, 0.1) is 5.41 Å². The van der Waals surface area contributed by atoms with Gasteiger partial charge < -0.3 is 5.32 Å². The van der Waals surface area contributed by atoms with E-state index in [2.05, 4.69) is 24.1 Å². The lowest BCUT2D eigenvalue weighted by atomic mass is 9.78. The van der Waals surface area contributed by atoms with E-state index in [0.717, 1.165) is 22.1 Å². The molecule has 0 bridgehead atoms. The van der Waals surface area contributed by atoms with Crippen LogP contribution in [0.25, 0.3) is 0 Å². The Morgan fingerprint density at radius 2 is 2.14 bits per heavy atom. The van der Waals surface area contributed by atoms with E-state index in [1.165, 1.54) is 11.3 Å². The fourth-order valence-electron chi connectivity index (χ4n) is 1.83. The van der Waals surface area contributed by atoms with Crippen LogP contribution in [0.15, 0.2) is 0 Å². The average molecular weight is 210 g/mol. The number of aromatic nitrogens is 1. The third-order valence-electron chi connectivity index (χ3n) is 2.45. The molecule has 3 nitrogen and oxygen atoms in total. The second-order valence-electron chi connectivity index (χ2n) is 4.49. The first kappa shape index (κ1) is 9.65. The Kier molecular flexibility index (Phi) is 2.10. The number of nitrogens with zero attached hydrogens (tertiary/aromatic N) is 1. The molecule has 0 saturated heterocycles. The summed E-state index contributed by atoms with van der Waals surface area (Å²) in [7, 11) is 1.83. The molecular weight excluding hydrogens is 196 g/mol. The van der Waals surface area contributed by atoms with Gasteiger partial charge in [-0.1, -0.05) is 25.2 Å². The maximum atomic E-state index is 11.8. The Hall–Kier alpha value is -0.900. The second kappa shape index (κ2) is 3.05. The molecule has 0 amide bonds. The Morgan fingerprint density at radius 1 is 1.43 bits per heavy atom. The van der Waals surface area contributed by atoms with Crippen molar-refractivity contribution >= 4 is 22.3 Å². The van der Waals surface area contributed by atoms with Gasteiger partial charge in [0, 0.05) is 13.5 Å². The van der Waals surface area contributed by atoms with E-state index >= 15 is 0 Å². The smallest absolute Gasteiger partial charge is 0.183 e. The van der Waals surface area contributed by atoms with Crippen LogP contribution in [0.1, 0.15) is 35.6 Å². The lowest BCUT2D eigenvalue weighted by Gasteiger charge is -2.26. The van der Waals surface area contributed by atoms with Gasteiger partial charge in [0.15, 0.2) is 10.9 Å². The summed E-state index contributed by atoms with van der Waals surface area (Å²) in [6.07, 6.45) is 1.55. The number of thiazole rings is 1. The van der Waals surface area contributed by atoms with Crippen molar-refractivity contribution in [3.8, 4) is 0 Å². The van der Waals surface area contributed by atoms with Crippen molar-refractivity contribution in [1.29, 1.82) is 0 Å². The molecule has 1 aromatic rings. The van der Waals surface area contributed by atoms with Crippen LogP contribution in [0.4, 0.5) is 5.13 Å².